The first-order chi connectivity index (χ1) is 9.65. The average Bonchev–Trinajstić information content (AvgIpc) is 2.36. The predicted molar refractivity (Wildman–Crippen MR) is 69.6 cm³/mol. The average molecular weight is 306 g/mol. The number of alkyl halides is 3. The molecule has 1 heterocycles. The van der Waals surface area contributed by atoms with Gasteiger partial charge in [0.05, 0.1) is 18.5 Å². The van der Waals surface area contributed by atoms with Gasteiger partial charge in [0, 0.05) is 12.5 Å². The first-order valence-corrected chi connectivity index (χ1v) is 6.25. The van der Waals surface area contributed by atoms with Crippen LogP contribution in [0, 0.1) is 0 Å². The lowest BCUT2D eigenvalue weighted by atomic mass is 10.2. The molecule has 0 saturated carbocycles. The third kappa shape index (κ3) is 4.85. The predicted octanol–water partition coefficient (Wildman–Crippen LogP) is 1.18. The van der Waals surface area contributed by atoms with Crippen LogP contribution in [0.3, 0.4) is 0 Å². The number of carbonyl (C=O) groups is 1. The molecule has 0 aromatic carbocycles. The van der Waals surface area contributed by atoms with Crippen molar-refractivity contribution < 1.29 is 23.1 Å². The van der Waals surface area contributed by atoms with Gasteiger partial charge in [-0.25, -0.2) is 9.97 Å². The minimum atomic E-state index is -4.58. The van der Waals surface area contributed by atoms with Gasteiger partial charge >= 0.3 is 6.18 Å². The summed E-state index contributed by atoms with van der Waals surface area (Å²) < 4.78 is 37.4. The number of amides is 1. The Hall–Kier alpha value is -1.90. The van der Waals surface area contributed by atoms with Crippen LogP contribution in [0.15, 0.2) is 6.20 Å². The van der Waals surface area contributed by atoms with Crippen molar-refractivity contribution in [3.8, 4) is 0 Å². The smallest absolute Gasteiger partial charge is 0.396 e. The number of nitrogens with zero attached hydrogens (tertiary/aromatic N) is 3. The Kier molecular flexibility index (Phi) is 5.47. The van der Waals surface area contributed by atoms with Gasteiger partial charge in [-0.15, -0.1) is 0 Å². The fourth-order valence-electron chi connectivity index (χ4n) is 1.59. The van der Waals surface area contributed by atoms with Crippen LogP contribution in [0.1, 0.15) is 36.1 Å². The number of aliphatic hydroxyl groups is 1. The van der Waals surface area contributed by atoms with Gasteiger partial charge < -0.3 is 15.7 Å². The van der Waals surface area contributed by atoms with Crippen LogP contribution >= 0.6 is 0 Å². The first kappa shape index (κ1) is 17.2. The van der Waals surface area contributed by atoms with Crippen LogP contribution in [0.4, 0.5) is 18.9 Å². The molecule has 0 radical (unpaired) electrons. The SMILES string of the molecule is CC(C)c1ncc(N)c(C(=O)N(CCO)CC(F)(F)F)n1. The highest BCUT2D eigenvalue weighted by molar-refractivity contribution is 5.97. The van der Waals surface area contributed by atoms with E-state index >= 15 is 0 Å². The summed E-state index contributed by atoms with van der Waals surface area (Å²) in [7, 11) is 0. The molecule has 0 bridgehead atoms. The minimum Gasteiger partial charge on any atom is -0.396 e. The second-order valence-corrected chi connectivity index (χ2v) is 4.75. The number of nitrogen functional groups attached to an aromatic ring is 1. The van der Waals surface area contributed by atoms with Gasteiger partial charge in [-0.2, -0.15) is 13.2 Å². The summed E-state index contributed by atoms with van der Waals surface area (Å²) >= 11 is 0. The lowest BCUT2D eigenvalue weighted by Crippen LogP contribution is -2.41. The van der Waals surface area contributed by atoms with Crippen LogP contribution in [0.25, 0.3) is 0 Å². The molecular weight excluding hydrogens is 289 g/mol. The van der Waals surface area contributed by atoms with Crippen molar-refractivity contribution in [2.75, 3.05) is 25.4 Å². The first-order valence-electron chi connectivity index (χ1n) is 6.25. The zero-order chi connectivity index (χ0) is 16.2. The molecule has 21 heavy (non-hydrogen) atoms. The molecule has 0 aliphatic heterocycles. The number of hydrogen-bond donors (Lipinski definition) is 2. The molecule has 0 saturated heterocycles. The molecule has 1 aromatic rings. The van der Waals surface area contributed by atoms with Crippen molar-refractivity contribution in [2.24, 2.45) is 0 Å². The van der Waals surface area contributed by atoms with Crippen LogP contribution in [-0.4, -0.2) is 51.8 Å². The Bertz CT molecular complexity index is 506. The largest absolute Gasteiger partial charge is 0.406 e. The summed E-state index contributed by atoms with van der Waals surface area (Å²) in [5, 5.41) is 8.82. The Morgan fingerprint density at radius 3 is 2.57 bits per heavy atom. The Morgan fingerprint density at radius 2 is 2.10 bits per heavy atom. The van der Waals surface area contributed by atoms with E-state index in [1.165, 1.54) is 6.20 Å². The van der Waals surface area contributed by atoms with Crippen molar-refractivity contribution in [3.63, 3.8) is 0 Å². The maximum atomic E-state index is 12.5. The highest BCUT2D eigenvalue weighted by Crippen LogP contribution is 2.20. The zero-order valence-corrected chi connectivity index (χ0v) is 11.7. The number of anilines is 1. The number of hydrogen-bond acceptors (Lipinski definition) is 5. The molecule has 1 aromatic heterocycles. The Morgan fingerprint density at radius 1 is 1.48 bits per heavy atom. The molecule has 3 N–H and O–H groups in total. The van der Waals surface area contributed by atoms with E-state index in [0.29, 0.717) is 10.7 Å². The fraction of sp³-hybridized carbons (Fsp3) is 0.583. The quantitative estimate of drug-likeness (QED) is 0.852. The summed E-state index contributed by atoms with van der Waals surface area (Å²) in [4.78, 5) is 20.5. The normalized spacial score (nSPS) is 11.8. The highest BCUT2D eigenvalue weighted by atomic mass is 19.4. The van der Waals surface area contributed by atoms with Crippen molar-refractivity contribution in [3.05, 3.63) is 17.7 Å². The third-order valence-corrected chi connectivity index (χ3v) is 2.58. The van der Waals surface area contributed by atoms with Gasteiger partial charge in [0.2, 0.25) is 0 Å². The van der Waals surface area contributed by atoms with E-state index in [4.69, 9.17) is 10.8 Å². The molecule has 0 spiro atoms. The molecule has 0 fully saturated rings. The van der Waals surface area contributed by atoms with Gasteiger partial charge in [0.1, 0.15) is 12.4 Å². The number of aromatic nitrogens is 2. The van der Waals surface area contributed by atoms with E-state index in [0.717, 1.165) is 0 Å². The van der Waals surface area contributed by atoms with E-state index in [1.54, 1.807) is 13.8 Å². The number of carbonyl (C=O) groups excluding carboxylic acids is 1. The number of aliphatic hydroxyl groups excluding tert-OH is 1. The van der Waals surface area contributed by atoms with Gasteiger partial charge in [0.25, 0.3) is 5.91 Å². The third-order valence-electron chi connectivity index (χ3n) is 2.58. The summed E-state index contributed by atoms with van der Waals surface area (Å²) in [6.45, 7) is 1.03. The standard InChI is InChI=1S/C12H17F3N4O2/c1-7(2)10-17-5-8(16)9(18-10)11(21)19(3-4-20)6-12(13,14)15/h5,7,20H,3-4,6,16H2,1-2H3. The molecule has 0 aliphatic rings. The molecule has 6 nitrogen and oxygen atoms in total. The van der Waals surface area contributed by atoms with Gasteiger partial charge in [0.15, 0.2) is 5.69 Å². The van der Waals surface area contributed by atoms with E-state index < -0.39 is 31.8 Å². The second-order valence-electron chi connectivity index (χ2n) is 4.75. The summed E-state index contributed by atoms with van der Waals surface area (Å²) in [5.74, 6) is -0.780. The Labute approximate surface area is 119 Å². The maximum absolute atomic E-state index is 12.5. The molecule has 0 unspecified atom stereocenters. The molecule has 118 valence electrons. The van der Waals surface area contributed by atoms with Crippen LogP contribution in [0.2, 0.25) is 0 Å². The van der Waals surface area contributed by atoms with E-state index in [-0.39, 0.29) is 17.3 Å². The molecule has 0 aliphatic carbocycles. The molecule has 9 heteroatoms. The lowest BCUT2D eigenvalue weighted by Gasteiger charge is -2.23. The zero-order valence-electron chi connectivity index (χ0n) is 11.7. The molecular formula is C12H17F3N4O2. The van der Waals surface area contributed by atoms with E-state index in [9.17, 15) is 18.0 Å². The summed E-state index contributed by atoms with van der Waals surface area (Å²) in [6, 6.07) is 0. The monoisotopic (exact) mass is 306 g/mol. The van der Waals surface area contributed by atoms with Gasteiger partial charge in [-0.3, -0.25) is 4.79 Å². The second kappa shape index (κ2) is 6.70. The number of rotatable bonds is 5. The van der Waals surface area contributed by atoms with Crippen LogP contribution < -0.4 is 5.73 Å². The topological polar surface area (TPSA) is 92.3 Å². The van der Waals surface area contributed by atoms with Crippen molar-refractivity contribution in [1.82, 2.24) is 14.9 Å². The maximum Gasteiger partial charge on any atom is 0.406 e. The molecule has 1 rings (SSSR count). The van der Waals surface area contributed by atoms with Crippen molar-refractivity contribution >= 4 is 11.6 Å². The number of halogens is 3. The van der Waals surface area contributed by atoms with E-state index in [1.807, 2.05) is 0 Å². The van der Waals surface area contributed by atoms with Gasteiger partial charge in [-0.1, -0.05) is 13.8 Å². The lowest BCUT2D eigenvalue weighted by molar-refractivity contribution is -0.141. The van der Waals surface area contributed by atoms with Gasteiger partial charge in [-0.05, 0) is 0 Å². The molecule has 0 atom stereocenters. The molecule has 1 amide bonds. The Balaban J connectivity index is 3.11. The number of nitrogens with two attached hydrogens (primary N) is 1. The fourth-order valence-corrected chi connectivity index (χ4v) is 1.59. The minimum absolute atomic E-state index is 0.102. The summed E-state index contributed by atoms with van der Waals surface area (Å²) in [6.07, 6.45) is -3.38. The van der Waals surface area contributed by atoms with E-state index in [2.05, 4.69) is 9.97 Å². The summed E-state index contributed by atoms with van der Waals surface area (Å²) in [5.41, 5.74) is 5.18. The van der Waals surface area contributed by atoms with Crippen LogP contribution in [-0.2, 0) is 0 Å². The van der Waals surface area contributed by atoms with Crippen LogP contribution in [0.5, 0.6) is 0 Å². The van der Waals surface area contributed by atoms with Crippen molar-refractivity contribution in [2.45, 2.75) is 25.9 Å². The van der Waals surface area contributed by atoms with Crippen molar-refractivity contribution in [1.29, 1.82) is 0 Å². The highest BCUT2D eigenvalue weighted by Gasteiger charge is 2.34.